The molecular weight excluding hydrogens is 306 g/mol. The van der Waals surface area contributed by atoms with E-state index in [9.17, 15) is 4.79 Å². The Morgan fingerprint density at radius 1 is 1.12 bits per heavy atom. The van der Waals surface area contributed by atoms with Gasteiger partial charge in [-0.25, -0.2) is 4.79 Å². The number of benzene rings is 1. The van der Waals surface area contributed by atoms with Crippen molar-refractivity contribution in [2.45, 2.75) is 44.8 Å². The highest BCUT2D eigenvalue weighted by Gasteiger charge is 2.13. The van der Waals surface area contributed by atoms with Crippen LogP contribution in [-0.2, 0) is 11.3 Å². The van der Waals surface area contributed by atoms with Crippen LogP contribution in [0.2, 0.25) is 0 Å². The zero-order chi connectivity index (χ0) is 16.8. The molecule has 1 saturated carbocycles. The number of carbonyl (C=O) groups is 1. The quantitative estimate of drug-likeness (QED) is 0.796. The van der Waals surface area contributed by atoms with Gasteiger partial charge >= 0.3 is 5.97 Å². The molecule has 3 rings (SSSR count). The van der Waals surface area contributed by atoms with Crippen LogP contribution in [0.1, 0.15) is 48.4 Å². The number of methoxy groups -OCH3 is 1. The lowest BCUT2D eigenvalue weighted by atomic mass is 9.95. The maximum Gasteiger partial charge on any atom is 0.373 e. The Morgan fingerprint density at radius 3 is 2.58 bits per heavy atom. The fourth-order valence-electron chi connectivity index (χ4n) is 2.95. The first-order valence-electron chi connectivity index (χ1n) is 8.41. The van der Waals surface area contributed by atoms with Crippen molar-refractivity contribution in [3.8, 4) is 5.75 Å². The molecule has 0 amide bonds. The molecule has 0 bridgehead atoms. The Balaban J connectivity index is 1.50. The molecule has 0 unspecified atom stereocenters. The van der Waals surface area contributed by atoms with E-state index in [1.807, 2.05) is 24.3 Å². The van der Waals surface area contributed by atoms with Gasteiger partial charge in [0, 0.05) is 11.7 Å². The number of furan rings is 1. The third-order valence-electron chi connectivity index (χ3n) is 4.26. The molecule has 5 nitrogen and oxygen atoms in total. The highest BCUT2D eigenvalue weighted by Crippen LogP contribution is 2.23. The van der Waals surface area contributed by atoms with Gasteiger partial charge < -0.3 is 19.2 Å². The van der Waals surface area contributed by atoms with E-state index in [4.69, 9.17) is 9.15 Å². The maximum atomic E-state index is 11.3. The molecule has 0 atom stereocenters. The summed E-state index contributed by atoms with van der Waals surface area (Å²) in [6.45, 7) is 0.270. The predicted octanol–water partition coefficient (Wildman–Crippen LogP) is 4.39. The number of hydrogen-bond acceptors (Lipinski definition) is 5. The summed E-state index contributed by atoms with van der Waals surface area (Å²) >= 11 is 0. The maximum absolute atomic E-state index is 11.3. The van der Waals surface area contributed by atoms with E-state index in [0.29, 0.717) is 11.8 Å². The van der Waals surface area contributed by atoms with Crippen LogP contribution in [0.4, 0.5) is 5.69 Å². The highest BCUT2D eigenvalue weighted by molar-refractivity contribution is 5.86. The van der Waals surface area contributed by atoms with E-state index in [2.05, 4.69) is 10.1 Å². The van der Waals surface area contributed by atoms with Crippen LogP contribution in [0.5, 0.6) is 5.75 Å². The first-order chi connectivity index (χ1) is 11.7. The Morgan fingerprint density at radius 2 is 1.88 bits per heavy atom. The molecule has 1 aromatic heterocycles. The van der Waals surface area contributed by atoms with Crippen LogP contribution >= 0.6 is 0 Å². The van der Waals surface area contributed by atoms with Gasteiger partial charge in [0.05, 0.1) is 7.11 Å². The molecule has 1 heterocycles. The fraction of sp³-hybridized carbons (Fsp3) is 0.421. The van der Waals surface area contributed by atoms with E-state index in [1.54, 1.807) is 12.1 Å². The Kier molecular flexibility index (Phi) is 5.41. The Labute approximate surface area is 141 Å². The van der Waals surface area contributed by atoms with Gasteiger partial charge in [0.25, 0.3) is 0 Å². The van der Waals surface area contributed by atoms with Crippen molar-refractivity contribution in [2.75, 3.05) is 12.4 Å². The van der Waals surface area contributed by atoms with Crippen molar-refractivity contribution >= 4 is 11.7 Å². The number of nitrogens with one attached hydrogen (secondary N) is 1. The van der Waals surface area contributed by atoms with Crippen LogP contribution in [0.15, 0.2) is 40.8 Å². The summed E-state index contributed by atoms with van der Waals surface area (Å²) in [4.78, 5) is 11.3. The fourth-order valence-corrected chi connectivity index (χ4v) is 2.95. The molecule has 1 aliphatic carbocycles. The molecule has 5 heteroatoms. The van der Waals surface area contributed by atoms with Crippen LogP contribution in [0.3, 0.4) is 0 Å². The summed E-state index contributed by atoms with van der Waals surface area (Å²) in [7, 11) is 1.32. The smallest absolute Gasteiger partial charge is 0.373 e. The largest absolute Gasteiger partial charge is 0.486 e. The van der Waals surface area contributed by atoms with Crippen LogP contribution in [0, 0.1) is 0 Å². The first-order valence-corrected chi connectivity index (χ1v) is 8.41. The standard InChI is InChI=1S/C19H23NO4/c1-22-19(21)18-12-11-17(24-18)13-23-16-9-7-15(8-10-16)20-14-5-3-2-4-6-14/h7-12,14,20H,2-6,13H2,1H3. The first kappa shape index (κ1) is 16.4. The second-order valence-corrected chi connectivity index (χ2v) is 6.05. The molecule has 1 N–H and O–H groups in total. The summed E-state index contributed by atoms with van der Waals surface area (Å²) in [5.74, 6) is 1.04. The Bertz CT molecular complexity index is 656. The van der Waals surface area contributed by atoms with E-state index < -0.39 is 5.97 Å². The van der Waals surface area contributed by atoms with Gasteiger partial charge in [0.2, 0.25) is 5.76 Å². The number of anilines is 1. The number of esters is 1. The molecule has 0 saturated heterocycles. The minimum atomic E-state index is -0.487. The van der Waals surface area contributed by atoms with Crippen molar-refractivity contribution in [1.82, 2.24) is 0 Å². The van der Waals surface area contributed by atoms with E-state index in [0.717, 1.165) is 11.4 Å². The number of hydrogen-bond donors (Lipinski definition) is 1. The van der Waals surface area contributed by atoms with Gasteiger partial charge in [0.15, 0.2) is 0 Å². The van der Waals surface area contributed by atoms with Crippen molar-refractivity contribution < 1.29 is 18.7 Å². The number of ether oxygens (including phenoxy) is 2. The zero-order valence-corrected chi connectivity index (χ0v) is 13.9. The molecule has 0 spiro atoms. The molecule has 128 valence electrons. The molecule has 24 heavy (non-hydrogen) atoms. The average Bonchev–Trinajstić information content (AvgIpc) is 3.10. The van der Waals surface area contributed by atoms with Gasteiger partial charge in [-0.05, 0) is 49.2 Å². The summed E-state index contributed by atoms with van der Waals surface area (Å²) in [5, 5.41) is 3.58. The zero-order valence-electron chi connectivity index (χ0n) is 13.9. The van der Waals surface area contributed by atoms with Crippen LogP contribution < -0.4 is 10.1 Å². The SMILES string of the molecule is COC(=O)c1ccc(COc2ccc(NC3CCCCC3)cc2)o1. The van der Waals surface area contributed by atoms with Gasteiger partial charge in [0.1, 0.15) is 18.1 Å². The summed E-state index contributed by atoms with van der Waals surface area (Å²) in [6.07, 6.45) is 6.49. The van der Waals surface area contributed by atoms with Gasteiger partial charge in [-0.2, -0.15) is 0 Å². The lowest BCUT2D eigenvalue weighted by molar-refractivity contribution is 0.0561. The van der Waals surface area contributed by atoms with E-state index in [1.165, 1.54) is 39.2 Å². The second kappa shape index (κ2) is 7.90. The lowest BCUT2D eigenvalue weighted by Gasteiger charge is -2.23. The minimum Gasteiger partial charge on any atom is -0.486 e. The second-order valence-electron chi connectivity index (χ2n) is 6.05. The third-order valence-corrected chi connectivity index (χ3v) is 4.26. The minimum absolute atomic E-state index is 0.183. The molecule has 1 fully saturated rings. The average molecular weight is 329 g/mol. The van der Waals surface area contributed by atoms with Crippen molar-refractivity contribution in [1.29, 1.82) is 0 Å². The molecule has 1 aliphatic rings. The molecule has 0 aliphatic heterocycles. The van der Waals surface area contributed by atoms with Crippen LogP contribution in [-0.4, -0.2) is 19.1 Å². The highest BCUT2D eigenvalue weighted by atomic mass is 16.5. The molecule has 2 aromatic rings. The number of rotatable bonds is 6. The van der Waals surface area contributed by atoms with Crippen LogP contribution in [0.25, 0.3) is 0 Å². The molecule has 0 radical (unpaired) electrons. The van der Waals surface area contributed by atoms with Crippen molar-refractivity contribution in [2.24, 2.45) is 0 Å². The van der Waals surface area contributed by atoms with Crippen molar-refractivity contribution in [3.63, 3.8) is 0 Å². The van der Waals surface area contributed by atoms with Crippen molar-refractivity contribution in [3.05, 3.63) is 47.9 Å². The normalized spacial score (nSPS) is 15.0. The monoisotopic (exact) mass is 329 g/mol. The molecule has 1 aromatic carbocycles. The van der Waals surface area contributed by atoms with E-state index in [-0.39, 0.29) is 12.4 Å². The third kappa shape index (κ3) is 4.31. The topological polar surface area (TPSA) is 60.7 Å². The summed E-state index contributed by atoms with van der Waals surface area (Å²) < 4.78 is 15.7. The van der Waals surface area contributed by atoms with E-state index >= 15 is 0 Å². The molecular formula is C19H23NO4. The predicted molar refractivity (Wildman–Crippen MR) is 91.3 cm³/mol. The summed E-state index contributed by atoms with van der Waals surface area (Å²) in [5.41, 5.74) is 1.13. The van der Waals surface area contributed by atoms with Gasteiger partial charge in [-0.3, -0.25) is 0 Å². The lowest BCUT2D eigenvalue weighted by Crippen LogP contribution is -2.22. The van der Waals surface area contributed by atoms with Gasteiger partial charge in [-0.1, -0.05) is 19.3 Å². The van der Waals surface area contributed by atoms with Gasteiger partial charge in [-0.15, -0.1) is 0 Å². The Hall–Kier alpha value is -2.43. The number of carbonyl (C=O) groups excluding carboxylic acids is 1. The summed E-state index contributed by atoms with van der Waals surface area (Å²) in [6, 6.07) is 11.8.